The first kappa shape index (κ1) is 9.74. The van der Waals surface area contributed by atoms with Gasteiger partial charge in [0.1, 0.15) is 5.76 Å². The minimum Gasteiger partial charge on any atom is -0.468 e. The number of furan rings is 1. The Hall–Kier alpha value is -0.800. The van der Waals surface area contributed by atoms with E-state index in [9.17, 15) is 0 Å². The van der Waals surface area contributed by atoms with Crippen molar-refractivity contribution in [3.05, 3.63) is 24.2 Å². The Morgan fingerprint density at radius 3 is 3.07 bits per heavy atom. The SMILES string of the molecule is CC1CCCN1C(CN)c1ccco1. The van der Waals surface area contributed by atoms with Crippen molar-refractivity contribution in [2.75, 3.05) is 13.1 Å². The maximum Gasteiger partial charge on any atom is 0.122 e. The Labute approximate surface area is 84.9 Å². The summed E-state index contributed by atoms with van der Waals surface area (Å²) in [5.74, 6) is 1.00. The summed E-state index contributed by atoms with van der Waals surface area (Å²) in [5.41, 5.74) is 5.80. The van der Waals surface area contributed by atoms with Gasteiger partial charge in [-0.2, -0.15) is 0 Å². The molecule has 1 fully saturated rings. The highest BCUT2D eigenvalue weighted by molar-refractivity contribution is 5.06. The molecule has 0 bridgehead atoms. The third kappa shape index (κ3) is 1.70. The zero-order chi connectivity index (χ0) is 9.97. The van der Waals surface area contributed by atoms with Crippen molar-refractivity contribution >= 4 is 0 Å². The van der Waals surface area contributed by atoms with Crippen LogP contribution in [0.4, 0.5) is 0 Å². The van der Waals surface area contributed by atoms with E-state index in [1.54, 1.807) is 6.26 Å². The molecule has 0 amide bonds. The van der Waals surface area contributed by atoms with Crippen LogP contribution in [0.3, 0.4) is 0 Å². The molecule has 1 saturated heterocycles. The predicted octanol–water partition coefficient (Wildman–Crippen LogP) is 1.76. The van der Waals surface area contributed by atoms with Gasteiger partial charge in [-0.3, -0.25) is 4.90 Å². The fraction of sp³-hybridized carbons (Fsp3) is 0.636. The van der Waals surface area contributed by atoms with Gasteiger partial charge in [-0.25, -0.2) is 0 Å². The predicted molar refractivity (Wildman–Crippen MR) is 55.9 cm³/mol. The highest BCUT2D eigenvalue weighted by atomic mass is 16.3. The van der Waals surface area contributed by atoms with Gasteiger partial charge in [0.25, 0.3) is 0 Å². The van der Waals surface area contributed by atoms with Gasteiger partial charge in [0.2, 0.25) is 0 Å². The number of rotatable bonds is 3. The van der Waals surface area contributed by atoms with Gasteiger partial charge < -0.3 is 10.2 Å². The quantitative estimate of drug-likeness (QED) is 0.797. The Kier molecular flexibility index (Phi) is 2.89. The summed E-state index contributed by atoms with van der Waals surface area (Å²) in [6, 6.07) is 4.84. The fourth-order valence-corrected chi connectivity index (χ4v) is 2.31. The summed E-state index contributed by atoms with van der Waals surface area (Å²) in [4.78, 5) is 2.44. The van der Waals surface area contributed by atoms with E-state index in [1.165, 1.54) is 12.8 Å². The molecule has 2 atom stereocenters. The molecule has 3 heteroatoms. The highest BCUT2D eigenvalue weighted by Crippen LogP contribution is 2.28. The Morgan fingerprint density at radius 1 is 1.71 bits per heavy atom. The van der Waals surface area contributed by atoms with Crippen LogP contribution >= 0.6 is 0 Å². The molecule has 1 aromatic rings. The number of hydrogen-bond donors (Lipinski definition) is 1. The van der Waals surface area contributed by atoms with Crippen LogP contribution in [0.2, 0.25) is 0 Å². The lowest BCUT2D eigenvalue weighted by molar-refractivity contribution is 0.173. The number of nitrogens with zero attached hydrogens (tertiary/aromatic N) is 1. The first-order valence-electron chi connectivity index (χ1n) is 5.32. The molecule has 2 rings (SSSR count). The summed E-state index contributed by atoms with van der Waals surface area (Å²) in [7, 11) is 0. The van der Waals surface area contributed by atoms with E-state index in [-0.39, 0.29) is 6.04 Å². The zero-order valence-electron chi connectivity index (χ0n) is 8.65. The van der Waals surface area contributed by atoms with Crippen LogP contribution in [0.25, 0.3) is 0 Å². The van der Waals surface area contributed by atoms with Crippen LogP contribution in [0.5, 0.6) is 0 Å². The third-order valence-corrected chi connectivity index (χ3v) is 3.10. The van der Waals surface area contributed by atoms with Gasteiger partial charge in [0.15, 0.2) is 0 Å². The van der Waals surface area contributed by atoms with Gasteiger partial charge >= 0.3 is 0 Å². The molecule has 0 aliphatic carbocycles. The molecule has 2 heterocycles. The normalized spacial score (nSPS) is 25.4. The minimum atomic E-state index is 0.266. The smallest absolute Gasteiger partial charge is 0.122 e. The molecule has 2 N–H and O–H groups in total. The molecule has 1 aliphatic heterocycles. The van der Waals surface area contributed by atoms with Gasteiger partial charge in [-0.1, -0.05) is 0 Å². The van der Waals surface area contributed by atoms with Crippen molar-refractivity contribution in [3.8, 4) is 0 Å². The second-order valence-corrected chi connectivity index (χ2v) is 4.00. The van der Waals surface area contributed by atoms with E-state index < -0.39 is 0 Å². The maximum atomic E-state index is 5.80. The molecule has 1 aromatic heterocycles. The second-order valence-electron chi connectivity index (χ2n) is 4.00. The highest BCUT2D eigenvalue weighted by Gasteiger charge is 2.29. The van der Waals surface area contributed by atoms with E-state index in [0.717, 1.165) is 12.3 Å². The molecular weight excluding hydrogens is 176 g/mol. The summed E-state index contributed by atoms with van der Waals surface area (Å²) < 4.78 is 5.43. The first-order valence-corrected chi connectivity index (χ1v) is 5.32. The van der Waals surface area contributed by atoms with Gasteiger partial charge in [-0.05, 0) is 38.4 Å². The van der Waals surface area contributed by atoms with Crippen molar-refractivity contribution in [2.24, 2.45) is 5.73 Å². The van der Waals surface area contributed by atoms with Gasteiger partial charge in [0, 0.05) is 12.6 Å². The van der Waals surface area contributed by atoms with Crippen molar-refractivity contribution in [1.82, 2.24) is 4.90 Å². The lowest BCUT2D eigenvalue weighted by Crippen LogP contribution is -2.35. The van der Waals surface area contributed by atoms with E-state index in [4.69, 9.17) is 10.2 Å². The van der Waals surface area contributed by atoms with Crippen LogP contribution in [0.15, 0.2) is 22.8 Å². The monoisotopic (exact) mass is 194 g/mol. The lowest BCUT2D eigenvalue weighted by Gasteiger charge is -2.28. The average molecular weight is 194 g/mol. The molecule has 3 nitrogen and oxygen atoms in total. The molecule has 0 radical (unpaired) electrons. The van der Waals surface area contributed by atoms with Crippen LogP contribution in [0.1, 0.15) is 31.6 Å². The van der Waals surface area contributed by atoms with Gasteiger partial charge in [-0.15, -0.1) is 0 Å². The van der Waals surface area contributed by atoms with Crippen molar-refractivity contribution in [3.63, 3.8) is 0 Å². The zero-order valence-corrected chi connectivity index (χ0v) is 8.65. The van der Waals surface area contributed by atoms with E-state index in [2.05, 4.69) is 11.8 Å². The van der Waals surface area contributed by atoms with Crippen molar-refractivity contribution < 1.29 is 4.42 Å². The molecule has 0 saturated carbocycles. The number of hydrogen-bond acceptors (Lipinski definition) is 3. The average Bonchev–Trinajstić information content (AvgIpc) is 2.80. The Morgan fingerprint density at radius 2 is 2.57 bits per heavy atom. The summed E-state index contributed by atoms with van der Waals surface area (Å²) >= 11 is 0. The molecular formula is C11H18N2O. The molecule has 78 valence electrons. The van der Waals surface area contributed by atoms with E-state index in [0.29, 0.717) is 12.6 Å². The first-order chi connectivity index (χ1) is 6.83. The van der Waals surface area contributed by atoms with Crippen LogP contribution in [0, 0.1) is 0 Å². The number of likely N-dealkylation sites (tertiary alicyclic amines) is 1. The van der Waals surface area contributed by atoms with Crippen molar-refractivity contribution in [1.29, 1.82) is 0 Å². The number of nitrogens with two attached hydrogens (primary N) is 1. The van der Waals surface area contributed by atoms with E-state index in [1.807, 2.05) is 12.1 Å². The lowest BCUT2D eigenvalue weighted by atomic mass is 10.1. The van der Waals surface area contributed by atoms with Gasteiger partial charge in [0.05, 0.1) is 12.3 Å². The van der Waals surface area contributed by atoms with Crippen LogP contribution in [-0.4, -0.2) is 24.0 Å². The molecule has 1 aliphatic rings. The second kappa shape index (κ2) is 4.15. The largest absolute Gasteiger partial charge is 0.468 e. The summed E-state index contributed by atoms with van der Waals surface area (Å²) in [6.07, 6.45) is 4.27. The summed E-state index contributed by atoms with van der Waals surface area (Å²) in [6.45, 7) is 4.04. The van der Waals surface area contributed by atoms with E-state index >= 15 is 0 Å². The third-order valence-electron chi connectivity index (χ3n) is 3.10. The standard InChI is InChI=1S/C11H18N2O/c1-9-4-2-6-13(9)10(8-12)11-5-3-7-14-11/h3,5,7,9-10H,2,4,6,8,12H2,1H3. The molecule has 14 heavy (non-hydrogen) atoms. The topological polar surface area (TPSA) is 42.4 Å². The Balaban J connectivity index is 2.13. The van der Waals surface area contributed by atoms with Crippen LogP contribution in [-0.2, 0) is 0 Å². The fourth-order valence-electron chi connectivity index (χ4n) is 2.31. The molecule has 0 spiro atoms. The summed E-state index contributed by atoms with van der Waals surface area (Å²) in [5, 5.41) is 0. The van der Waals surface area contributed by atoms with Crippen molar-refractivity contribution in [2.45, 2.75) is 31.8 Å². The minimum absolute atomic E-state index is 0.266. The maximum absolute atomic E-state index is 5.80. The molecule has 0 aromatic carbocycles. The van der Waals surface area contributed by atoms with Crippen LogP contribution < -0.4 is 5.73 Å². The molecule has 2 unspecified atom stereocenters. The Bertz CT molecular complexity index is 271.